The molecule has 19 heavy (non-hydrogen) atoms. The van der Waals surface area contributed by atoms with Gasteiger partial charge in [-0.05, 0) is 43.6 Å². The van der Waals surface area contributed by atoms with Crippen molar-refractivity contribution in [3.8, 4) is 5.75 Å². The Hall–Kier alpha value is -1.59. The molecule has 1 amide bonds. The van der Waals surface area contributed by atoms with Gasteiger partial charge in [0.05, 0.1) is 6.54 Å². The molecule has 2 rings (SSSR count). The van der Waals surface area contributed by atoms with Gasteiger partial charge in [-0.1, -0.05) is 12.1 Å². The average molecular weight is 263 g/mol. The van der Waals surface area contributed by atoms with E-state index in [0.717, 1.165) is 31.5 Å². The molecule has 0 spiro atoms. The standard InChI is InChI=1S/C14H21N3O2/c15-14(19)10-17(12-5-7-16-8-6-12)9-11-1-3-13(18)4-2-11/h1-4,12,16,18H,5-10H2,(H2,15,19). The van der Waals surface area contributed by atoms with Gasteiger partial charge in [0.1, 0.15) is 5.75 Å². The number of nitrogens with zero attached hydrogens (tertiary/aromatic N) is 1. The summed E-state index contributed by atoms with van der Waals surface area (Å²) >= 11 is 0. The minimum Gasteiger partial charge on any atom is -0.508 e. The Morgan fingerprint density at radius 2 is 1.95 bits per heavy atom. The highest BCUT2D eigenvalue weighted by atomic mass is 16.3. The minimum atomic E-state index is -0.294. The van der Waals surface area contributed by atoms with Crippen LogP contribution in [-0.4, -0.2) is 41.6 Å². The van der Waals surface area contributed by atoms with Gasteiger partial charge in [0.2, 0.25) is 5.91 Å². The monoisotopic (exact) mass is 263 g/mol. The lowest BCUT2D eigenvalue weighted by molar-refractivity contribution is -0.120. The van der Waals surface area contributed by atoms with Gasteiger partial charge in [0.15, 0.2) is 0 Å². The fourth-order valence-electron chi connectivity index (χ4n) is 2.52. The van der Waals surface area contributed by atoms with Gasteiger partial charge in [-0.3, -0.25) is 9.69 Å². The summed E-state index contributed by atoms with van der Waals surface area (Å²) in [6.07, 6.45) is 2.07. The second-order valence-corrected chi connectivity index (χ2v) is 5.02. The zero-order valence-corrected chi connectivity index (χ0v) is 11.0. The Bertz CT molecular complexity index is 413. The number of phenolic OH excluding ortho intramolecular Hbond substituents is 1. The predicted octanol–water partition coefficient (Wildman–Crippen LogP) is 0.431. The van der Waals surface area contributed by atoms with Crippen molar-refractivity contribution in [1.82, 2.24) is 10.2 Å². The summed E-state index contributed by atoms with van der Waals surface area (Å²) in [5.74, 6) is -0.0376. The molecule has 1 fully saturated rings. The van der Waals surface area contributed by atoms with Crippen molar-refractivity contribution in [2.75, 3.05) is 19.6 Å². The van der Waals surface area contributed by atoms with Crippen LogP contribution in [0.3, 0.4) is 0 Å². The van der Waals surface area contributed by atoms with Crippen LogP contribution in [0.4, 0.5) is 0 Å². The number of phenols is 1. The van der Waals surface area contributed by atoms with Crippen molar-refractivity contribution >= 4 is 5.91 Å². The maximum atomic E-state index is 11.2. The first-order chi connectivity index (χ1) is 9.15. The number of benzene rings is 1. The number of hydrogen-bond acceptors (Lipinski definition) is 4. The number of aromatic hydroxyl groups is 1. The van der Waals surface area contributed by atoms with Crippen molar-refractivity contribution in [2.24, 2.45) is 5.73 Å². The number of nitrogens with one attached hydrogen (secondary N) is 1. The van der Waals surface area contributed by atoms with E-state index in [1.54, 1.807) is 12.1 Å². The fraction of sp³-hybridized carbons (Fsp3) is 0.500. The number of nitrogens with two attached hydrogens (primary N) is 1. The summed E-state index contributed by atoms with van der Waals surface area (Å²) in [7, 11) is 0. The highest BCUT2D eigenvalue weighted by molar-refractivity contribution is 5.75. The zero-order chi connectivity index (χ0) is 13.7. The predicted molar refractivity (Wildman–Crippen MR) is 73.6 cm³/mol. The quantitative estimate of drug-likeness (QED) is 0.720. The van der Waals surface area contributed by atoms with Crippen molar-refractivity contribution in [3.63, 3.8) is 0 Å². The first-order valence-corrected chi connectivity index (χ1v) is 6.66. The SMILES string of the molecule is NC(=O)CN(Cc1ccc(O)cc1)C1CCNCC1. The number of hydrogen-bond donors (Lipinski definition) is 3. The van der Waals surface area contributed by atoms with Crippen molar-refractivity contribution in [1.29, 1.82) is 0 Å². The molecule has 0 aromatic heterocycles. The summed E-state index contributed by atoms with van der Waals surface area (Å²) in [6.45, 7) is 2.93. The van der Waals surface area contributed by atoms with Crippen LogP contribution >= 0.6 is 0 Å². The first kappa shape index (κ1) is 13.8. The molecule has 1 aromatic carbocycles. The Labute approximate surface area is 113 Å². The van der Waals surface area contributed by atoms with Crippen LogP contribution in [0.25, 0.3) is 0 Å². The van der Waals surface area contributed by atoms with Gasteiger partial charge >= 0.3 is 0 Å². The molecule has 1 saturated heterocycles. The Morgan fingerprint density at radius 3 is 2.53 bits per heavy atom. The number of primary amides is 1. The van der Waals surface area contributed by atoms with Crippen molar-refractivity contribution < 1.29 is 9.90 Å². The van der Waals surface area contributed by atoms with E-state index in [1.165, 1.54) is 0 Å². The van der Waals surface area contributed by atoms with Crippen molar-refractivity contribution in [3.05, 3.63) is 29.8 Å². The third kappa shape index (κ3) is 4.22. The second-order valence-electron chi connectivity index (χ2n) is 5.02. The lowest BCUT2D eigenvalue weighted by Gasteiger charge is -2.33. The van der Waals surface area contributed by atoms with Crippen LogP contribution in [0.1, 0.15) is 18.4 Å². The van der Waals surface area contributed by atoms with E-state index in [2.05, 4.69) is 10.2 Å². The van der Waals surface area contributed by atoms with Crippen LogP contribution in [0.2, 0.25) is 0 Å². The number of piperidine rings is 1. The Morgan fingerprint density at radius 1 is 1.32 bits per heavy atom. The molecule has 5 nitrogen and oxygen atoms in total. The van der Waals surface area contributed by atoms with Crippen LogP contribution in [0, 0.1) is 0 Å². The van der Waals surface area contributed by atoms with Gasteiger partial charge in [-0.2, -0.15) is 0 Å². The van der Waals surface area contributed by atoms with Crippen LogP contribution < -0.4 is 11.1 Å². The smallest absolute Gasteiger partial charge is 0.231 e. The molecule has 0 atom stereocenters. The van der Waals surface area contributed by atoms with Gasteiger partial charge in [-0.25, -0.2) is 0 Å². The molecule has 1 aromatic rings. The van der Waals surface area contributed by atoms with Crippen LogP contribution in [0.15, 0.2) is 24.3 Å². The molecule has 0 bridgehead atoms. The number of amides is 1. The van der Waals surface area contributed by atoms with E-state index < -0.39 is 0 Å². The molecule has 0 aliphatic carbocycles. The Balaban J connectivity index is 2.03. The lowest BCUT2D eigenvalue weighted by atomic mass is 10.0. The molecule has 0 saturated carbocycles. The largest absolute Gasteiger partial charge is 0.508 e. The molecule has 5 heteroatoms. The lowest BCUT2D eigenvalue weighted by Crippen LogP contribution is -2.46. The fourth-order valence-corrected chi connectivity index (χ4v) is 2.52. The van der Waals surface area contributed by atoms with Gasteiger partial charge < -0.3 is 16.2 Å². The highest BCUT2D eigenvalue weighted by Crippen LogP contribution is 2.17. The maximum Gasteiger partial charge on any atom is 0.231 e. The molecular weight excluding hydrogens is 242 g/mol. The highest BCUT2D eigenvalue weighted by Gasteiger charge is 2.22. The number of carbonyl (C=O) groups excluding carboxylic acids is 1. The van der Waals surface area contributed by atoms with Crippen LogP contribution in [-0.2, 0) is 11.3 Å². The van der Waals surface area contributed by atoms with E-state index in [0.29, 0.717) is 12.6 Å². The second kappa shape index (κ2) is 6.54. The van der Waals surface area contributed by atoms with Crippen LogP contribution in [0.5, 0.6) is 5.75 Å². The van der Waals surface area contributed by atoms with E-state index >= 15 is 0 Å². The Kier molecular flexibility index (Phi) is 4.76. The van der Waals surface area contributed by atoms with Gasteiger partial charge in [0, 0.05) is 12.6 Å². The zero-order valence-electron chi connectivity index (χ0n) is 11.0. The molecule has 0 unspecified atom stereocenters. The van der Waals surface area contributed by atoms with E-state index in [9.17, 15) is 9.90 Å². The van der Waals surface area contributed by atoms with E-state index in [4.69, 9.17) is 5.73 Å². The number of rotatable bonds is 5. The summed E-state index contributed by atoms with van der Waals surface area (Å²) in [6, 6.07) is 7.48. The minimum absolute atomic E-state index is 0.257. The molecule has 0 radical (unpaired) electrons. The third-order valence-corrected chi connectivity index (χ3v) is 3.51. The van der Waals surface area contributed by atoms with Gasteiger partial charge in [-0.15, -0.1) is 0 Å². The molecule has 4 N–H and O–H groups in total. The summed E-state index contributed by atoms with van der Waals surface area (Å²) < 4.78 is 0. The molecular formula is C14H21N3O2. The molecule has 104 valence electrons. The van der Waals surface area contributed by atoms with Crippen molar-refractivity contribution in [2.45, 2.75) is 25.4 Å². The average Bonchev–Trinajstić information content (AvgIpc) is 2.41. The topological polar surface area (TPSA) is 78.6 Å². The normalized spacial score (nSPS) is 16.7. The summed E-state index contributed by atoms with van der Waals surface area (Å²) in [5, 5.41) is 12.6. The first-order valence-electron chi connectivity index (χ1n) is 6.66. The molecule has 1 heterocycles. The maximum absolute atomic E-state index is 11.2. The van der Waals surface area contributed by atoms with E-state index in [-0.39, 0.29) is 18.2 Å². The number of carbonyl (C=O) groups is 1. The van der Waals surface area contributed by atoms with Gasteiger partial charge in [0.25, 0.3) is 0 Å². The molecule has 1 aliphatic rings. The molecule has 1 aliphatic heterocycles. The van der Waals surface area contributed by atoms with E-state index in [1.807, 2.05) is 12.1 Å². The summed E-state index contributed by atoms with van der Waals surface area (Å²) in [4.78, 5) is 13.4. The third-order valence-electron chi connectivity index (χ3n) is 3.51. The summed E-state index contributed by atoms with van der Waals surface area (Å²) in [5.41, 5.74) is 6.42.